The molecule has 4 aromatic rings. The molecule has 28 heavy (non-hydrogen) atoms. The number of rotatable bonds is 3. The highest BCUT2D eigenvalue weighted by Gasteiger charge is 2.22. The standard InChI is InChI=1S/C21H22ClN5S/c1-13-10-19(27(24-13)21(3,4)5)17-11-26(25-14(17)2)20-23-18(12-28-20)15-6-8-16(22)9-7-15/h6-12H,1-5H3. The summed E-state index contributed by atoms with van der Waals surface area (Å²) in [6.45, 7) is 10.5. The number of hydrogen-bond acceptors (Lipinski definition) is 4. The van der Waals surface area contributed by atoms with Gasteiger partial charge >= 0.3 is 0 Å². The second-order valence-electron chi connectivity index (χ2n) is 7.85. The van der Waals surface area contributed by atoms with Crippen LogP contribution in [0, 0.1) is 13.8 Å². The Bertz CT molecular complexity index is 1130. The number of hydrogen-bond donors (Lipinski definition) is 0. The smallest absolute Gasteiger partial charge is 0.210 e. The van der Waals surface area contributed by atoms with E-state index in [0.717, 1.165) is 44.1 Å². The van der Waals surface area contributed by atoms with Crippen molar-refractivity contribution in [2.24, 2.45) is 0 Å². The Morgan fingerprint density at radius 3 is 2.43 bits per heavy atom. The molecule has 0 saturated heterocycles. The first-order chi connectivity index (χ1) is 13.2. The van der Waals surface area contributed by atoms with Crippen LogP contribution in [0.3, 0.4) is 0 Å². The van der Waals surface area contributed by atoms with E-state index < -0.39 is 0 Å². The van der Waals surface area contributed by atoms with Gasteiger partial charge in [0.15, 0.2) is 0 Å². The fourth-order valence-corrected chi connectivity index (χ4v) is 4.02. The maximum absolute atomic E-state index is 5.99. The van der Waals surface area contributed by atoms with Crippen molar-refractivity contribution < 1.29 is 0 Å². The van der Waals surface area contributed by atoms with Crippen LogP contribution in [0.4, 0.5) is 0 Å². The van der Waals surface area contributed by atoms with Crippen LogP contribution in [0.2, 0.25) is 5.02 Å². The van der Waals surface area contributed by atoms with Crippen LogP contribution in [0.1, 0.15) is 32.2 Å². The van der Waals surface area contributed by atoms with Gasteiger partial charge in [0.25, 0.3) is 0 Å². The van der Waals surface area contributed by atoms with E-state index in [1.807, 2.05) is 54.4 Å². The lowest BCUT2D eigenvalue weighted by atomic mass is 10.1. The summed E-state index contributed by atoms with van der Waals surface area (Å²) >= 11 is 7.55. The predicted molar refractivity (Wildman–Crippen MR) is 115 cm³/mol. The summed E-state index contributed by atoms with van der Waals surface area (Å²) in [7, 11) is 0. The average molecular weight is 412 g/mol. The molecule has 0 N–H and O–H groups in total. The molecule has 0 radical (unpaired) electrons. The van der Waals surface area contributed by atoms with Crippen LogP contribution in [-0.4, -0.2) is 24.5 Å². The Hall–Kier alpha value is -2.44. The lowest BCUT2D eigenvalue weighted by molar-refractivity contribution is 0.358. The zero-order valence-electron chi connectivity index (χ0n) is 16.6. The van der Waals surface area contributed by atoms with E-state index in [-0.39, 0.29) is 5.54 Å². The summed E-state index contributed by atoms with van der Waals surface area (Å²) in [5.41, 5.74) is 5.94. The molecule has 144 valence electrons. The molecule has 3 heterocycles. The summed E-state index contributed by atoms with van der Waals surface area (Å²) in [5, 5.41) is 13.0. The van der Waals surface area contributed by atoms with Gasteiger partial charge in [-0.15, -0.1) is 11.3 Å². The molecule has 0 amide bonds. The SMILES string of the molecule is Cc1cc(-c2cn(-c3nc(-c4ccc(Cl)cc4)cs3)nc2C)n(C(C)(C)C)n1. The monoisotopic (exact) mass is 411 g/mol. The Balaban J connectivity index is 1.73. The number of thiazole rings is 1. The van der Waals surface area contributed by atoms with Crippen molar-refractivity contribution >= 4 is 22.9 Å². The molecule has 0 bridgehead atoms. The topological polar surface area (TPSA) is 48.5 Å². The van der Waals surface area contributed by atoms with E-state index in [1.165, 1.54) is 0 Å². The molecule has 0 saturated carbocycles. The Morgan fingerprint density at radius 2 is 1.75 bits per heavy atom. The molecule has 0 aliphatic carbocycles. The van der Waals surface area contributed by atoms with Gasteiger partial charge in [-0.25, -0.2) is 9.67 Å². The largest absolute Gasteiger partial charge is 0.259 e. The Morgan fingerprint density at radius 1 is 1.04 bits per heavy atom. The molecule has 0 fully saturated rings. The highest BCUT2D eigenvalue weighted by molar-refractivity contribution is 7.12. The van der Waals surface area contributed by atoms with Crippen LogP contribution >= 0.6 is 22.9 Å². The van der Waals surface area contributed by atoms with E-state index in [0.29, 0.717) is 0 Å². The quantitative estimate of drug-likeness (QED) is 0.422. The van der Waals surface area contributed by atoms with Gasteiger partial charge in [-0.3, -0.25) is 4.68 Å². The first-order valence-electron chi connectivity index (χ1n) is 9.08. The molecule has 1 aromatic carbocycles. The van der Waals surface area contributed by atoms with Crippen molar-refractivity contribution in [3.63, 3.8) is 0 Å². The third-order valence-electron chi connectivity index (χ3n) is 4.47. The fourth-order valence-electron chi connectivity index (χ4n) is 3.13. The maximum atomic E-state index is 5.99. The molecule has 0 spiro atoms. The number of aromatic nitrogens is 5. The summed E-state index contributed by atoms with van der Waals surface area (Å²) in [6.07, 6.45) is 2.04. The van der Waals surface area contributed by atoms with Crippen LogP contribution in [0.25, 0.3) is 27.6 Å². The van der Waals surface area contributed by atoms with Gasteiger partial charge in [0, 0.05) is 27.7 Å². The third kappa shape index (κ3) is 3.50. The maximum Gasteiger partial charge on any atom is 0.210 e. The molecular formula is C21H22ClN5S. The zero-order chi connectivity index (χ0) is 20.1. The highest BCUT2D eigenvalue weighted by Crippen LogP contribution is 2.31. The normalized spacial score (nSPS) is 11.9. The van der Waals surface area contributed by atoms with E-state index >= 15 is 0 Å². The van der Waals surface area contributed by atoms with E-state index in [2.05, 4.69) is 36.6 Å². The van der Waals surface area contributed by atoms with Crippen molar-refractivity contribution in [2.45, 2.75) is 40.2 Å². The molecule has 4 rings (SSSR count). The van der Waals surface area contributed by atoms with Gasteiger partial charge in [-0.1, -0.05) is 23.7 Å². The summed E-state index contributed by atoms with van der Waals surface area (Å²) in [6, 6.07) is 9.82. The number of nitrogens with zero attached hydrogens (tertiary/aromatic N) is 5. The molecule has 0 unspecified atom stereocenters. The summed E-state index contributed by atoms with van der Waals surface area (Å²) in [5.74, 6) is 0. The Kier molecular flexibility index (Phi) is 4.63. The van der Waals surface area contributed by atoms with Gasteiger partial charge in [-0.2, -0.15) is 10.2 Å². The summed E-state index contributed by atoms with van der Waals surface area (Å²) < 4.78 is 3.92. The number of benzene rings is 1. The lowest BCUT2D eigenvalue weighted by Gasteiger charge is -2.22. The first kappa shape index (κ1) is 18.9. The van der Waals surface area contributed by atoms with E-state index in [4.69, 9.17) is 21.7 Å². The van der Waals surface area contributed by atoms with Crippen molar-refractivity contribution in [2.75, 3.05) is 0 Å². The fraction of sp³-hybridized carbons (Fsp3) is 0.286. The van der Waals surface area contributed by atoms with E-state index in [1.54, 1.807) is 11.3 Å². The van der Waals surface area contributed by atoms with Gasteiger partial charge in [0.1, 0.15) is 0 Å². The minimum Gasteiger partial charge on any atom is -0.259 e. The van der Waals surface area contributed by atoms with Gasteiger partial charge in [0.05, 0.1) is 28.3 Å². The van der Waals surface area contributed by atoms with Crippen molar-refractivity contribution in [3.05, 3.63) is 58.3 Å². The highest BCUT2D eigenvalue weighted by atomic mass is 35.5. The van der Waals surface area contributed by atoms with E-state index in [9.17, 15) is 0 Å². The molecule has 3 aromatic heterocycles. The predicted octanol–water partition coefficient (Wildman–Crippen LogP) is 5.88. The molecule has 7 heteroatoms. The number of halogens is 1. The summed E-state index contributed by atoms with van der Waals surface area (Å²) in [4.78, 5) is 4.76. The Labute approximate surface area is 173 Å². The molecule has 0 aliphatic heterocycles. The van der Waals surface area contributed by atoms with Crippen LogP contribution in [0.5, 0.6) is 0 Å². The second kappa shape index (κ2) is 6.87. The third-order valence-corrected chi connectivity index (χ3v) is 5.55. The second-order valence-corrected chi connectivity index (χ2v) is 9.12. The first-order valence-corrected chi connectivity index (χ1v) is 10.3. The van der Waals surface area contributed by atoms with Crippen molar-refractivity contribution in [1.29, 1.82) is 0 Å². The number of aryl methyl sites for hydroxylation is 2. The van der Waals surface area contributed by atoms with Gasteiger partial charge < -0.3 is 0 Å². The lowest BCUT2D eigenvalue weighted by Crippen LogP contribution is -2.24. The van der Waals surface area contributed by atoms with Crippen molar-refractivity contribution in [3.8, 4) is 27.6 Å². The molecule has 5 nitrogen and oxygen atoms in total. The average Bonchev–Trinajstić information content (AvgIpc) is 3.33. The molecular weight excluding hydrogens is 390 g/mol. The minimum absolute atomic E-state index is 0.110. The van der Waals surface area contributed by atoms with Gasteiger partial charge in [-0.05, 0) is 52.8 Å². The van der Waals surface area contributed by atoms with Gasteiger partial charge in [0.2, 0.25) is 5.13 Å². The van der Waals surface area contributed by atoms with Crippen molar-refractivity contribution in [1.82, 2.24) is 24.5 Å². The van der Waals surface area contributed by atoms with Crippen LogP contribution in [-0.2, 0) is 5.54 Å². The zero-order valence-corrected chi connectivity index (χ0v) is 18.1. The van der Waals surface area contributed by atoms with Crippen LogP contribution in [0.15, 0.2) is 41.9 Å². The minimum atomic E-state index is -0.110. The molecule has 0 atom stereocenters. The molecule has 0 aliphatic rings. The van der Waals surface area contributed by atoms with Crippen LogP contribution < -0.4 is 0 Å².